The predicted molar refractivity (Wildman–Crippen MR) is 120 cm³/mol. The van der Waals surface area contributed by atoms with Crippen molar-refractivity contribution in [2.75, 3.05) is 14.2 Å². The number of rotatable bonds is 8. The van der Waals surface area contributed by atoms with Crippen molar-refractivity contribution in [3.05, 3.63) is 82.9 Å². The van der Waals surface area contributed by atoms with Gasteiger partial charge in [0.25, 0.3) is 0 Å². The van der Waals surface area contributed by atoms with Crippen molar-refractivity contribution in [2.24, 2.45) is 0 Å². The van der Waals surface area contributed by atoms with Crippen molar-refractivity contribution in [3.8, 4) is 22.6 Å². The van der Waals surface area contributed by atoms with Crippen molar-refractivity contribution in [1.82, 2.24) is 0 Å². The zero-order valence-electron chi connectivity index (χ0n) is 18.2. The van der Waals surface area contributed by atoms with Crippen LogP contribution >= 0.6 is 0 Å². The molecule has 0 spiro atoms. The second-order valence-electron chi connectivity index (χ2n) is 7.10. The molecule has 5 heteroatoms. The third kappa shape index (κ3) is 4.94. The highest BCUT2D eigenvalue weighted by Gasteiger charge is 2.20. The molecule has 0 bridgehead atoms. The Bertz CT molecular complexity index is 1090. The highest BCUT2D eigenvalue weighted by atomic mass is 16.5. The minimum Gasteiger partial charge on any atom is -0.493 e. The second kappa shape index (κ2) is 9.94. The fraction of sp³-hybridized carbons (Fsp3) is 0.231. The first-order valence-electron chi connectivity index (χ1n) is 10.1. The van der Waals surface area contributed by atoms with Crippen molar-refractivity contribution >= 4 is 11.8 Å². The maximum absolute atomic E-state index is 12.5. The first kappa shape index (κ1) is 22.1. The minimum absolute atomic E-state index is 0.116. The lowest BCUT2D eigenvalue weighted by Gasteiger charge is -2.18. The van der Waals surface area contributed by atoms with E-state index >= 15 is 0 Å². The van der Waals surface area contributed by atoms with E-state index in [0.29, 0.717) is 34.8 Å². The quantitative estimate of drug-likeness (QED) is 0.357. The molecule has 0 N–H and O–H groups in total. The lowest BCUT2D eigenvalue weighted by molar-refractivity contribution is 0.0601. The molecule has 0 radical (unpaired) electrons. The van der Waals surface area contributed by atoms with Gasteiger partial charge in [0.1, 0.15) is 6.61 Å². The number of hydrogen-bond acceptors (Lipinski definition) is 5. The molecule has 0 unspecified atom stereocenters. The molecule has 0 amide bonds. The lowest BCUT2D eigenvalue weighted by atomic mass is 9.92. The number of hydrogen-bond donors (Lipinski definition) is 0. The van der Waals surface area contributed by atoms with Crippen LogP contribution in [0.1, 0.15) is 45.7 Å². The number of ether oxygens (including phenoxy) is 3. The monoisotopic (exact) mass is 418 g/mol. The number of esters is 1. The average Bonchev–Trinajstić information content (AvgIpc) is 2.81. The van der Waals surface area contributed by atoms with Gasteiger partial charge >= 0.3 is 5.97 Å². The molecule has 0 aliphatic heterocycles. The van der Waals surface area contributed by atoms with Gasteiger partial charge in [-0.3, -0.25) is 4.79 Å². The van der Waals surface area contributed by atoms with Crippen LogP contribution in [0.2, 0.25) is 0 Å². The van der Waals surface area contributed by atoms with Crippen LogP contribution in [0, 0.1) is 0 Å². The third-order valence-electron chi connectivity index (χ3n) is 5.13. The summed E-state index contributed by atoms with van der Waals surface area (Å²) in [4.78, 5) is 24.3. The molecule has 0 fully saturated rings. The molecule has 3 rings (SSSR count). The Labute approximate surface area is 182 Å². The topological polar surface area (TPSA) is 61.8 Å². The molecule has 5 nitrogen and oxygen atoms in total. The van der Waals surface area contributed by atoms with Crippen LogP contribution in [0.3, 0.4) is 0 Å². The van der Waals surface area contributed by atoms with Crippen LogP contribution in [0.5, 0.6) is 11.5 Å². The molecule has 31 heavy (non-hydrogen) atoms. The van der Waals surface area contributed by atoms with Gasteiger partial charge in [-0.1, -0.05) is 49.4 Å². The second-order valence-corrected chi connectivity index (χ2v) is 7.10. The molecule has 0 atom stereocenters. The van der Waals surface area contributed by atoms with Crippen LogP contribution in [-0.4, -0.2) is 26.0 Å². The largest absolute Gasteiger partial charge is 0.493 e. The Balaban J connectivity index is 2.07. The fourth-order valence-electron chi connectivity index (χ4n) is 3.43. The van der Waals surface area contributed by atoms with Gasteiger partial charge in [0.15, 0.2) is 17.3 Å². The van der Waals surface area contributed by atoms with E-state index in [1.807, 2.05) is 49.4 Å². The van der Waals surface area contributed by atoms with Crippen LogP contribution in [-0.2, 0) is 17.8 Å². The Kier molecular flexibility index (Phi) is 7.08. The van der Waals surface area contributed by atoms with Gasteiger partial charge in [0.2, 0.25) is 0 Å². The van der Waals surface area contributed by atoms with Crippen LogP contribution in [0.15, 0.2) is 60.7 Å². The number of methoxy groups -OCH3 is 2. The van der Waals surface area contributed by atoms with Gasteiger partial charge in [-0.2, -0.15) is 0 Å². The van der Waals surface area contributed by atoms with Gasteiger partial charge in [0, 0.05) is 5.56 Å². The Morgan fingerprint density at radius 2 is 1.61 bits per heavy atom. The summed E-state index contributed by atoms with van der Waals surface area (Å²) in [6.07, 6.45) is 0.718. The maximum Gasteiger partial charge on any atom is 0.338 e. The molecule has 3 aromatic rings. The first-order chi connectivity index (χ1) is 15.0. The number of carbonyl (C=O) groups excluding carboxylic acids is 2. The summed E-state index contributed by atoms with van der Waals surface area (Å²) < 4.78 is 16.6. The molecular formula is C26H26O5. The molecule has 160 valence electrons. The molecule has 0 saturated carbocycles. The van der Waals surface area contributed by atoms with Gasteiger partial charge in [-0.15, -0.1) is 0 Å². The van der Waals surface area contributed by atoms with E-state index < -0.39 is 5.97 Å². The third-order valence-corrected chi connectivity index (χ3v) is 5.13. The Morgan fingerprint density at radius 3 is 2.23 bits per heavy atom. The lowest BCUT2D eigenvalue weighted by Crippen LogP contribution is -2.07. The zero-order valence-corrected chi connectivity index (χ0v) is 18.2. The number of Topliss-reactive ketones (excluding diaryl/α,β-unsaturated/α-hetero) is 1. The van der Waals surface area contributed by atoms with Crippen LogP contribution < -0.4 is 9.47 Å². The van der Waals surface area contributed by atoms with E-state index in [9.17, 15) is 9.59 Å². The Morgan fingerprint density at radius 1 is 0.871 bits per heavy atom. The standard InChI is InChI=1S/C26H26O5/c1-5-19-14-25(31-16-18-9-7-6-8-10-18)24(29-3)15-22(19)21-12-11-20(17(2)27)13-23(21)26(28)30-4/h6-15H,5,16H2,1-4H3. The Hall–Kier alpha value is -3.60. The van der Waals surface area contributed by atoms with E-state index in [1.54, 1.807) is 25.3 Å². The average molecular weight is 418 g/mol. The van der Waals surface area contributed by atoms with Crippen LogP contribution in [0.4, 0.5) is 0 Å². The molecular weight excluding hydrogens is 392 g/mol. The number of carbonyl (C=O) groups is 2. The van der Waals surface area contributed by atoms with Gasteiger partial charge in [-0.05, 0) is 53.8 Å². The highest BCUT2D eigenvalue weighted by Crippen LogP contribution is 2.38. The molecule has 3 aromatic carbocycles. The summed E-state index contributed by atoms with van der Waals surface area (Å²) in [6.45, 7) is 3.92. The van der Waals surface area contributed by atoms with Crippen molar-refractivity contribution < 1.29 is 23.8 Å². The highest BCUT2D eigenvalue weighted by molar-refractivity contribution is 6.02. The summed E-state index contributed by atoms with van der Waals surface area (Å²) in [6, 6.07) is 18.8. The van der Waals surface area contributed by atoms with E-state index in [-0.39, 0.29) is 5.78 Å². The van der Waals surface area contributed by atoms with Gasteiger partial charge < -0.3 is 14.2 Å². The van der Waals surface area contributed by atoms with Crippen molar-refractivity contribution in [3.63, 3.8) is 0 Å². The molecule has 0 aliphatic carbocycles. The SMILES string of the molecule is CCc1cc(OCc2ccccc2)c(OC)cc1-c1ccc(C(C)=O)cc1C(=O)OC. The van der Waals surface area contributed by atoms with E-state index in [4.69, 9.17) is 14.2 Å². The van der Waals surface area contributed by atoms with E-state index in [2.05, 4.69) is 0 Å². The number of benzene rings is 3. The molecule has 0 heterocycles. The number of ketones is 1. The summed E-state index contributed by atoms with van der Waals surface area (Å²) in [5.74, 6) is 0.583. The van der Waals surface area contributed by atoms with Gasteiger partial charge in [0.05, 0.1) is 19.8 Å². The van der Waals surface area contributed by atoms with Crippen LogP contribution in [0.25, 0.3) is 11.1 Å². The first-order valence-corrected chi connectivity index (χ1v) is 10.1. The maximum atomic E-state index is 12.5. The van der Waals surface area contributed by atoms with E-state index in [1.165, 1.54) is 14.0 Å². The molecule has 0 aliphatic rings. The normalized spacial score (nSPS) is 10.5. The summed E-state index contributed by atoms with van der Waals surface area (Å²) in [5.41, 5.74) is 4.36. The predicted octanol–water partition coefficient (Wildman–Crippen LogP) is 5.49. The number of aryl methyl sites for hydroxylation is 1. The summed E-state index contributed by atoms with van der Waals surface area (Å²) >= 11 is 0. The molecule has 0 saturated heterocycles. The van der Waals surface area contributed by atoms with Crippen molar-refractivity contribution in [1.29, 1.82) is 0 Å². The van der Waals surface area contributed by atoms with Crippen molar-refractivity contribution in [2.45, 2.75) is 26.9 Å². The van der Waals surface area contributed by atoms with Gasteiger partial charge in [-0.25, -0.2) is 4.79 Å². The summed E-state index contributed by atoms with van der Waals surface area (Å²) in [5, 5.41) is 0. The summed E-state index contributed by atoms with van der Waals surface area (Å²) in [7, 11) is 2.91. The fourth-order valence-corrected chi connectivity index (χ4v) is 3.43. The minimum atomic E-state index is -0.497. The molecule has 0 aromatic heterocycles. The van der Waals surface area contributed by atoms with E-state index in [0.717, 1.165) is 23.1 Å². The zero-order chi connectivity index (χ0) is 22.4. The smallest absolute Gasteiger partial charge is 0.338 e.